The van der Waals surface area contributed by atoms with E-state index in [1.54, 1.807) is 18.2 Å². The van der Waals surface area contributed by atoms with Crippen molar-refractivity contribution in [3.8, 4) is 11.1 Å². The molecule has 0 spiro atoms. The molecule has 1 atom stereocenters. The van der Waals surface area contributed by atoms with Crippen LogP contribution in [-0.4, -0.2) is 0 Å². The van der Waals surface area contributed by atoms with Crippen molar-refractivity contribution in [3.05, 3.63) is 108 Å². The lowest BCUT2D eigenvalue weighted by Crippen LogP contribution is -2.04. The molecule has 0 radical (unpaired) electrons. The van der Waals surface area contributed by atoms with Crippen LogP contribution >= 0.6 is 0 Å². The van der Waals surface area contributed by atoms with Crippen LogP contribution in [0.25, 0.3) is 21.9 Å². The number of fused-ring (bicyclic) bond motifs is 1. The molecule has 30 heavy (non-hydrogen) atoms. The minimum absolute atomic E-state index is 0.251. The van der Waals surface area contributed by atoms with Crippen LogP contribution in [0.4, 0.5) is 8.78 Å². The summed E-state index contributed by atoms with van der Waals surface area (Å²) in [6.45, 7) is 2.19. The third-order valence-corrected chi connectivity index (χ3v) is 5.82. The number of hydrogen-bond acceptors (Lipinski definition) is 0. The highest BCUT2D eigenvalue weighted by Gasteiger charge is 2.15. The molecule has 4 aromatic rings. The highest BCUT2D eigenvalue weighted by atomic mass is 19.1. The van der Waals surface area contributed by atoms with Crippen LogP contribution in [0.1, 0.15) is 43.2 Å². The molecule has 0 bridgehead atoms. The van der Waals surface area contributed by atoms with Gasteiger partial charge in [-0.05, 0) is 64.4 Å². The second-order valence-corrected chi connectivity index (χ2v) is 7.97. The zero-order valence-electron chi connectivity index (χ0n) is 17.2. The van der Waals surface area contributed by atoms with Gasteiger partial charge in [-0.1, -0.05) is 86.5 Å². The summed E-state index contributed by atoms with van der Waals surface area (Å²) in [5.74, 6) is -0.298. The lowest BCUT2D eigenvalue weighted by atomic mass is 9.86. The first-order valence-electron chi connectivity index (χ1n) is 10.7. The molecular formula is C28H26F2. The summed E-state index contributed by atoms with van der Waals surface area (Å²) in [5.41, 5.74) is 3.51. The smallest absolute Gasteiger partial charge is 0.131 e. The van der Waals surface area contributed by atoms with Crippen molar-refractivity contribution in [2.75, 3.05) is 0 Å². The molecule has 0 fully saturated rings. The van der Waals surface area contributed by atoms with Crippen molar-refractivity contribution in [1.82, 2.24) is 0 Å². The normalized spacial score (nSPS) is 12.2. The van der Waals surface area contributed by atoms with Crippen LogP contribution in [0.3, 0.4) is 0 Å². The lowest BCUT2D eigenvalue weighted by Gasteiger charge is -2.19. The summed E-state index contributed by atoms with van der Waals surface area (Å²) >= 11 is 0. The van der Waals surface area contributed by atoms with E-state index in [1.807, 2.05) is 12.1 Å². The Morgan fingerprint density at radius 2 is 1.53 bits per heavy atom. The number of halogens is 2. The van der Waals surface area contributed by atoms with Gasteiger partial charge in [0.25, 0.3) is 0 Å². The SMILES string of the molecule is CCCCC(Cc1ccc2ccccc2c1)c1ccc(-c2ccc(F)cc2)c(F)c1. The Labute approximate surface area is 177 Å². The van der Waals surface area contributed by atoms with Crippen molar-refractivity contribution in [3.63, 3.8) is 0 Å². The van der Waals surface area contributed by atoms with Gasteiger partial charge in [-0.3, -0.25) is 0 Å². The van der Waals surface area contributed by atoms with Gasteiger partial charge in [0.15, 0.2) is 0 Å². The minimum Gasteiger partial charge on any atom is -0.207 e. The van der Waals surface area contributed by atoms with Crippen molar-refractivity contribution in [2.45, 2.75) is 38.5 Å². The third kappa shape index (κ3) is 4.59. The Balaban J connectivity index is 1.62. The predicted molar refractivity (Wildman–Crippen MR) is 122 cm³/mol. The van der Waals surface area contributed by atoms with E-state index in [4.69, 9.17) is 0 Å². The van der Waals surface area contributed by atoms with Gasteiger partial charge in [0, 0.05) is 5.56 Å². The summed E-state index contributed by atoms with van der Waals surface area (Å²) in [6, 6.07) is 26.5. The van der Waals surface area contributed by atoms with E-state index in [1.165, 1.54) is 28.5 Å². The molecule has 0 nitrogen and oxygen atoms in total. The molecule has 0 aliphatic carbocycles. The largest absolute Gasteiger partial charge is 0.207 e. The Morgan fingerprint density at radius 1 is 0.767 bits per heavy atom. The molecular weight excluding hydrogens is 374 g/mol. The van der Waals surface area contributed by atoms with Crippen molar-refractivity contribution in [2.24, 2.45) is 0 Å². The van der Waals surface area contributed by atoms with Crippen LogP contribution in [0.5, 0.6) is 0 Å². The van der Waals surface area contributed by atoms with Crippen LogP contribution in [0, 0.1) is 11.6 Å². The fourth-order valence-corrected chi connectivity index (χ4v) is 4.14. The van der Waals surface area contributed by atoms with Crippen molar-refractivity contribution < 1.29 is 8.78 Å². The van der Waals surface area contributed by atoms with E-state index in [-0.39, 0.29) is 17.6 Å². The number of benzene rings is 4. The summed E-state index contributed by atoms with van der Waals surface area (Å²) in [4.78, 5) is 0. The lowest BCUT2D eigenvalue weighted by molar-refractivity contribution is 0.572. The van der Waals surface area contributed by atoms with E-state index in [9.17, 15) is 8.78 Å². The molecule has 0 aromatic heterocycles. The van der Waals surface area contributed by atoms with Gasteiger partial charge in [0.05, 0.1) is 0 Å². The molecule has 0 saturated carbocycles. The standard InChI is InChI=1S/C28H26F2/c1-2-3-6-24(18-20-9-10-21-7-4-5-8-23(21)17-20)25-13-16-27(28(30)19-25)22-11-14-26(29)15-12-22/h4-5,7-17,19,24H,2-3,6,18H2,1H3. The number of unbranched alkanes of at least 4 members (excludes halogenated alkanes) is 1. The first-order valence-corrected chi connectivity index (χ1v) is 10.7. The first kappa shape index (κ1) is 20.3. The van der Waals surface area contributed by atoms with Crippen LogP contribution in [-0.2, 0) is 6.42 Å². The molecule has 0 saturated heterocycles. The van der Waals surface area contributed by atoms with E-state index in [0.717, 1.165) is 31.2 Å². The molecule has 0 aliphatic heterocycles. The van der Waals surface area contributed by atoms with Crippen molar-refractivity contribution >= 4 is 10.8 Å². The predicted octanol–water partition coefficient (Wildman–Crippen LogP) is 8.30. The summed E-state index contributed by atoms with van der Waals surface area (Å²) in [7, 11) is 0. The molecule has 152 valence electrons. The average molecular weight is 401 g/mol. The third-order valence-electron chi connectivity index (χ3n) is 5.82. The van der Waals surface area contributed by atoms with E-state index < -0.39 is 0 Å². The number of rotatable bonds is 7. The van der Waals surface area contributed by atoms with Crippen LogP contribution < -0.4 is 0 Å². The Kier molecular flexibility index (Phi) is 6.23. The number of hydrogen-bond donors (Lipinski definition) is 0. The van der Waals surface area contributed by atoms with Crippen molar-refractivity contribution in [1.29, 1.82) is 0 Å². The second-order valence-electron chi connectivity index (χ2n) is 7.97. The van der Waals surface area contributed by atoms with Gasteiger partial charge in [0.1, 0.15) is 11.6 Å². The molecule has 4 aromatic carbocycles. The van der Waals surface area contributed by atoms with Gasteiger partial charge in [-0.25, -0.2) is 8.78 Å². The monoisotopic (exact) mass is 400 g/mol. The first-order chi connectivity index (χ1) is 14.6. The van der Waals surface area contributed by atoms with E-state index in [0.29, 0.717) is 11.1 Å². The molecule has 4 rings (SSSR count). The Hall–Kier alpha value is -3.00. The Bertz CT molecular complexity index is 1130. The maximum Gasteiger partial charge on any atom is 0.131 e. The van der Waals surface area contributed by atoms with Gasteiger partial charge < -0.3 is 0 Å². The van der Waals surface area contributed by atoms with Gasteiger partial charge in [0.2, 0.25) is 0 Å². The molecule has 0 aliphatic rings. The van der Waals surface area contributed by atoms with Gasteiger partial charge in [-0.2, -0.15) is 0 Å². The molecule has 0 amide bonds. The zero-order chi connectivity index (χ0) is 20.9. The second kappa shape index (κ2) is 9.21. The summed E-state index contributed by atoms with van der Waals surface area (Å²) < 4.78 is 28.2. The highest BCUT2D eigenvalue weighted by Crippen LogP contribution is 2.31. The molecule has 0 heterocycles. The highest BCUT2D eigenvalue weighted by molar-refractivity contribution is 5.83. The summed E-state index contributed by atoms with van der Waals surface area (Å²) in [6.07, 6.45) is 4.14. The van der Waals surface area contributed by atoms with Crippen LogP contribution in [0.2, 0.25) is 0 Å². The van der Waals surface area contributed by atoms with E-state index in [2.05, 4.69) is 49.4 Å². The fraction of sp³-hybridized carbons (Fsp3) is 0.214. The molecule has 1 unspecified atom stereocenters. The zero-order valence-corrected chi connectivity index (χ0v) is 17.2. The maximum absolute atomic E-state index is 15.0. The van der Waals surface area contributed by atoms with Gasteiger partial charge >= 0.3 is 0 Å². The maximum atomic E-state index is 15.0. The Morgan fingerprint density at radius 3 is 2.27 bits per heavy atom. The van der Waals surface area contributed by atoms with Crippen LogP contribution in [0.15, 0.2) is 84.9 Å². The quantitative estimate of drug-likeness (QED) is 0.293. The topological polar surface area (TPSA) is 0 Å². The average Bonchev–Trinajstić information content (AvgIpc) is 2.77. The molecule has 2 heteroatoms. The van der Waals surface area contributed by atoms with E-state index >= 15 is 0 Å². The summed E-state index contributed by atoms with van der Waals surface area (Å²) in [5, 5.41) is 2.48. The molecule has 0 N–H and O–H groups in total. The van der Waals surface area contributed by atoms with Gasteiger partial charge in [-0.15, -0.1) is 0 Å². The minimum atomic E-state index is -0.314. The fourth-order valence-electron chi connectivity index (χ4n) is 4.14.